The van der Waals surface area contributed by atoms with Crippen LogP contribution in [-0.2, 0) is 24.3 Å². The fraction of sp³-hybridized carbons (Fsp3) is 0.538. The molecule has 0 fully saturated rings. The van der Waals surface area contributed by atoms with Crippen LogP contribution in [-0.4, -0.2) is 30.5 Å². The predicted molar refractivity (Wildman–Crippen MR) is 74.2 cm³/mol. The Morgan fingerprint density at radius 2 is 2.25 bits per heavy atom. The second kappa shape index (κ2) is 5.07. The molecule has 1 aliphatic heterocycles. The number of hydrogen-bond acceptors (Lipinski definition) is 4. The van der Waals surface area contributed by atoms with E-state index < -0.39 is 0 Å². The van der Waals surface area contributed by atoms with E-state index in [1.807, 2.05) is 13.1 Å². The zero-order valence-corrected chi connectivity index (χ0v) is 11.8. The highest BCUT2D eigenvalue weighted by atomic mass is 16.1. The van der Waals surface area contributed by atoms with Crippen molar-refractivity contribution in [1.29, 1.82) is 0 Å². The molecule has 20 heavy (non-hydrogen) atoms. The predicted octanol–water partition coefficient (Wildman–Crippen LogP) is 1.46. The van der Waals surface area contributed by atoms with E-state index >= 15 is 0 Å². The van der Waals surface area contributed by atoms with Gasteiger partial charge >= 0.3 is 0 Å². The largest absolute Gasteiger partial charge is 0.323 e. The van der Waals surface area contributed by atoms with Gasteiger partial charge in [-0.25, -0.2) is 0 Å². The van der Waals surface area contributed by atoms with Crippen molar-refractivity contribution < 1.29 is 4.79 Å². The first kappa shape index (κ1) is 12.8. The summed E-state index contributed by atoms with van der Waals surface area (Å²) in [6.45, 7) is 5.16. The number of hydrogen-bond donors (Lipinski definition) is 1. The van der Waals surface area contributed by atoms with Crippen LogP contribution in [0.3, 0.4) is 0 Å². The average Bonchev–Trinajstić information content (AvgIpc) is 3.01. The molecule has 0 atom stereocenters. The number of rotatable bonds is 3. The van der Waals surface area contributed by atoms with Crippen molar-refractivity contribution >= 4 is 11.6 Å². The van der Waals surface area contributed by atoms with Crippen LogP contribution in [0.15, 0.2) is 6.20 Å². The maximum Gasteiger partial charge on any atom is 0.221 e. The molecule has 0 aromatic carbocycles. The Morgan fingerprint density at radius 1 is 1.40 bits per heavy atom. The molecule has 0 saturated heterocycles. The Balaban J connectivity index is 2.06. The van der Waals surface area contributed by atoms with Crippen molar-refractivity contribution in [1.82, 2.24) is 24.5 Å². The summed E-state index contributed by atoms with van der Waals surface area (Å²) >= 11 is 0. The van der Waals surface area contributed by atoms with Crippen LogP contribution in [0.4, 0.5) is 5.69 Å². The molecule has 0 aliphatic carbocycles. The van der Waals surface area contributed by atoms with Crippen LogP contribution < -0.4 is 5.32 Å². The zero-order valence-electron chi connectivity index (χ0n) is 11.8. The maximum absolute atomic E-state index is 11.3. The van der Waals surface area contributed by atoms with E-state index in [2.05, 4.69) is 25.2 Å². The van der Waals surface area contributed by atoms with Crippen LogP contribution in [0.2, 0.25) is 0 Å². The molecule has 1 amide bonds. The smallest absolute Gasteiger partial charge is 0.221 e. The van der Waals surface area contributed by atoms with Crippen LogP contribution in [0.1, 0.15) is 32.5 Å². The Morgan fingerprint density at radius 3 is 3.00 bits per heavy atom. The van der Waals surface area contributed by atoms with Gasteiger partial charge in [-0.15, -0.1) is 10.2 Å². The second-order valence-corrected chi connectivity index (χ2v) is 4.98. The minimum absolute atomic E-state index is 0.111. The van der Waals surface area contributed by atoms with Crippen molar-refractivity contribution in [2.75, 3.05) is 5.32 Å². The zero-order chi connectivity index (χ0) is 14.1. The number of fused-ring (bicyclic) bond motifs is 1. The fourth-order valence-electron chi connectivity index (χ4n) is 2.51. The van der Waals surface area contributed by atoms with Gasteiger partial charge in [-0.05, 0) is 19.8 Å². The molecule has 106 valence electrons. The van der Waals surface area contributed by atoms with Gasteiger partial charge in [0, 0.05) is 32.6 Å². The number of amides is 1. The molecule has 0 saturated carbocycles. The lowest BCUT2D eigenvalue weighted by atomic mass is 10.1. The third-order valence-corrected chi connectivity index (χ3v) is 3.47. The number of anilines is 1. The Hall–Kier alpha value is -2.18. The third-order valence-electron chi connectivity index (χ3n) is 3.47. The normalized spacial score (nSPS) is 14.1. The lowest BCUT2D eigenvalue weighted by Crippen LogP contribution is -2.12. The summed E-state index contributed by atoms with van der Waals surface area (Å²) in [5.74, 6) is 1.64. The average molecular weight is 274 g/mol. The molecule has 0 radical (unpaired) electrons. The van der Waals surface area contributed by atoms with Crippen LogP contribution in [0, 0.1) is 0 Å². The lowest BCUT2D eigenvalue weighted by Gasteiger charge is -2.14. The molecule has 7 nitrogen and oxygen atoms in total. The minimum Gasteiger partial charge on any atom is -0.323 e. The Bertz CT molecular complexity index is 641. The highest BCUT2D eigenvalue weighted by Crippen LogP contribution is 2.27. The fourth-order valence-corrected chi connectivity index (χ4v) is 2.51. The summed E-state index contributed by atoms with van der Waals surface area (Å²) in [5.41, 5.74) is 1.39. The molecule has 3 heterocycles. The summed E-state index contributed by atoms with van der Waals surface area (Å²) in [4.78, 5) is 11.3. The summed E-state index contributed by atoms with van der Waals surface area (Å²) in [6, 6.07) is 0. The summed E-state index contributed by atoms with van der Waals surface area (Å²) in [6.07, 6.45) is 5.07. The van der Waals surface area contributed by atoms with Crippen LogP contribution in [0.5, 0.6) is 0 Å². The van der Waals surface area contributed by atoms with E-state index in [0.29, 0.717) is 11.4 Å². The molecule has 1 N–H and O–H groups in total. The SMILES string of the molecule is CCn1cc(NC(C)=O)c(-c2nnc3n2CCCC3)n1. The van der Waals surface area contributed by atoms with Gasteiger partial charge < -0.3 is 9.88 Å². The number of carbonyl (C=O) groups is 1. The van der Waals surface area contributed by atoms with E-state index in [1.165, 1.54) is 6.92 Å². The molecule has 7 heteroatoms. The number of nitrogens with zero attached hydrogens (tertiary/aromatic N) is 5. The first-order valence-corrected chi connectivity index (χ1v) is 6.96. The summed E-state index contributed by atoms with van der Waals surface area (Å²) in [5, 5.41) is 15.8. The van der Waals surface area contributed by atoms with Gasteiger partial charge in [0.25, 0.3) is 0 Å². The van der Waals surface area contributed by atoms with Crippen molar-refractivity contribution in [2.45, 2.75) is 46.2 Å². The molecule has 2 aromatic rings. The molecule has 0 bridgehead atoms. The number of carbonyl (C=O) groups excluding carboxylic acids is 1. The minimum atomic E-state index is -0.111. The second-order valence-electron chi connectivity index (χ2n) is 4.98. The maximum atomic E-state index is 11.3. The highest BCUT2D eigenvalue weighted by Gasteiger charge is 2.22. The van der Waals surface area contributed by atoms with Crippen molar-refractivity contribution in [3.8, 4) is 11.5 Å². The Labute approximate surface area is 117 Å². The molecule has 0 unspecified atom stereocenters. The van der Waals surface area contributed by atoms with E-state index in [4.69, 9.17) is 0 Å². The lowest BCUT2D eigenvalue weighted by molar-refractivity contribution is -0.114. The number of nitrogens with one attached hydrogen (secondary N) is 1. The first-order valence-electron chi connectivity index (χ1n) is 6.96. The van der Waals surface area contributed by atoms with Gasteiger partial charge in [-0.2, -0.15) is 5.10 Å². The van der Waals surface area contributed by atoms with Gasteiger partial charge in [-0.3, -0.25) is 9.48 Å². The number of aryl methyl sites for hydroxylation is 2. The number of aromatic nitrogens is 5. The highest BCUT2D eigenvalue weighted by molar-refractivity contribution is 5.92. The molecule has 2 aromatic heterocycles. The van der Waals surface area contributed by atoms with Crippen molar-refractivity contribution in [3.63, 3.8) is 0 Å². The van der Waals surface area contributed by atoms with Crippen molar-refractivity contribution in [3.05, 3.63) is 12.0 Å². The quantitative estimate of drug-likeness (QED) is 0.919. The van der Waals surface area contributed by atoms with Gasteiger partial charge in [0.15, 0.2) is 11.5 Å². The molecular weight excluding hydrogens is 256 g/mol. The standard InChI is InChI=1S/C13H18N6O/c1-3-18-8-10(14-9(2)20)12(17-18)13-16-15-11-6-4-5-7-19(11)13/h8H,3-7H2,1-2H3,(H,14,20). The van der Waals surface area contributed by atoms with E-state index in [9.17, 15) is 4.79 Å². The summed E-state index contributed by atoms with van der Waals surface area (Å²) < 4.78 is 3.90. The van der Waals surface area contributed by atoms with Crippen molar-refractivity contribution in [2.24, 2.45) is 0 Å². The van der Waals surface area contributed by atoms with Gasteiger partial charge in [0.05, 0.1) is 5.69 Å². The Kier molecular flexibility index (Phi) is 3.25. The van der Waals surface area contributed by atoms with Crippen LogP contribution in [0.25, 0.3) is 11.5 Å². The summed E-state index contributed by atoms with van der Waals surface area (Å²) in [7, 11) is 0. The van der Waals surface area contributed by atoms with Gasteiger partial charge in [-0.1, -0.05) is 0 Å². The van der Waals surface area contributed by atoms with E-state index in [0.717, 1.165) is 44.0 Å². The first-order chi connectivity index (χ1) is 9.69. The van der Waals surface area contributed by atoms with E-state index in [1.54, 1.807) is 4.68 Å². The molecule has 3 rings (SSSR count). The van der Waals surface area contributed by atoms with Crippen LogP contribution >= 0.6 is 0 Å². The van der Waals surface area contributed by atoms with Gasteiger partial charge in [0.2, 0.25) is 5.91 Å². The molecular formula is C13H18N6O. The van der Waals surface area contributed by atoms with Gasteiger partial charge in [0.1, 0.15) is 5.82 Å². The molecule has 1 aliphatic rings. The topological polar surface area (TPSA) is 77.6 Å². The monoisotopic (exact) mass is 274 g/mol. The third kappa shape index (κ3) is 2.19. The van der Waals surface area contributed by atoms with E-state index in [-0.39, 0.29) is 5.91 Å². The molecule has 0 spiro atoms.